The number of aliphatic hydroxyl groups is 2. The van der Waals surface area contributed by atoms with Gasteiger partial charge in [-0.05, 0) is 56.9 Å². The van der Waals surface area contributed by atoms with Gasteiger partial charge in [-0.25, -0.2) is 0 Å². The van der Waals surface area contributed by atoms with Crippen LogP contribution in [0.3, 0.4) is 0 Å². The van der Waals surface area contributed by atoms with Crippen LogP contribution >= 0.6 is 22.7 Å². The van der Waals surface area contributed by atoms with Crippen LogP contribution in [0.1, 0.15) is 57.6 Å². The van der Waals surface area contributed by atoms with Crippen LogP contribution in [0.2, 0.25) is 0 Å². The van der Waals surface area contributed by atoms with E-state index < -0.39 is 0 Å². The molecule has 0 amide bonds. The highest BCUT2D eigenvalue weighted by atomic mass is 32.1. The van der Waals surface area contributed by atoms with E-state index in [1.165, 1.54) is 25.3 Å². The molecule has 4 aromatic rings. The predicted octanol–water partition coefficient (Wildman–Crippen LogP) is 3.84. The fraction of sp³-hybridized carbons (Fsp3) is 0.333. The van der Waals surface area contributed by atoms with Gasteiger partial charge in [0.25, 0.3) is 0 Å². The first-order valence-electron chi connectivity index (χ1n) is 10.8. The molecule has 1 aliphatic rings. The van der Waals surface area contributed by atoms with Gasteiger partial charge in [0.2, 0.25) is 0 Å². The molecule has 0 aromatic carbocycles. The second-order valence-corrected chi connectivity index (χ2v) is 9.63. The first-order valence-corrected chi connectivity index (χ1v) is 12.6. The van der Waals surface area contributed by atoms with Gasteiger partial charge in [0.15, 0.2) is 0 Å². The maximum absolute atomic E-state index is 9.80. The number of rotatable bonds is 8. The Labute approximate surface area is 204 Å². The lowest BCUT2D eigenvalue weighted by Crippen LogP contribution is -2.41. The minimum absolute atomic E-state index is 0.00920. The highest BCUT2D eigenvalue weighted by Crippen LogP contribution is 2.66. The van der Waals surface area contributed by atoms with Gasteiger partial charge >= 0.3 is 12.0 Å². The number of thiophene rings is 2. The zero-order valence-corrected chi connectivity index (χ0v) is 20.3. The Morgan fingerprint density at radius 2 is 1.15 bits per heavy atom. The second-order valence-electron chi connectivity index (χ2n) is 8.07. The molecule has 2 N–H and O–H groups in total. The summed E-state index contributed by atoms with van der Waals surface area (Å²) < 4.78 is 10.7. The standard InChI is InChI=1S/C24H24N4O4S2/c1-31-23-25-15(9-29)7-17(27-23)21-19(13-3-5-33-11-13)22(20(21)14-4-6-34-12-14)18-8-16(10-30)26-24(28-18)32-2/h3-8,11-12,19-22,29-30H,9-10H2,1-2H3/t19-,20-,21-,22-. The Morgan fingerprint density at radius 1 is 0.706 bits per heavy atom. The van der Waals surface area contributed by atoms with Crippen molar-refractivity contribution in [2.45, 2.75) is 36.9 Å². The minimum atomic E-state index is -0.197. The van der Waals surface area contributed by atoms with E-state index in [2.05, 4.69) is 43.6 Å². The largest absolute Gasteiger partial charge is 0.467 e. The van der Waals surface area contributed by atoms with Crippen LogP contribution in [-0.2, 0) is 13.2 Å². The van der Waals surface area contributed by atoms with Crippen LogP contribution in [0.15, 0.2) is 45.8 Å². The van der Waals surface area contributed by atoms with Crippen molar-refractivity contribution in [1.29, 1.82) is 0 Å². The van der Waals surface area contributed by atoms with Crippen molar-refractivity contribution in [3.05, 3.63) is 79.7 Å². The number of hydrogen-bond acceptors (Lipinski definition) is 10. The fourth-order valence-corrected chi connectivity index (χ4v) is 6.33. The molecule has 5 rings (SSSR count). The quantitative estimate of drug-likeness (QED) is 0.379. The van der Waals surface area contributed by atoms with Crippen LogP contribution < -0.4 is 9.47 Å². The lowest BCUT2D eigenvalue weighted by atomic mass is 9.51. The summed E-state index contributed by atoms with van der Waals surface area (Å²) in [4.78, 5) is 17.9. The van der Waals surface area contributed by atoms with Gasteiger partial charge in [0.1, 0.15) is 0 Å². The van der Waals surface area contributed by atoms with Gasteiger partial charge in [-0.1, -0.05) is 0 Å². The number of ether oxygens (including phenoxy) is 2. The molecule has 34 heavy (non-hydrogen) atoms. The van der Waals surface area contributed by atoms with Gasteiger partial charge in [0, 0.05) is 23.7 Å². The minimum Gasteiger partial charge on any atom is -0.467 e. The monoisotopic (exact) mass is 496 g/mol. The van der Waals surface area contributed by atoms with E-state index in [1.54, 1.807) is 22.7 Å². The summed E-state index contributed by atoms with van der Waals surface area (Å²) in [6.07, 6.45) is 0. The van der Waals surface area contributed by atoms with Crippen molar-refractivity contribution < 1.29 is 19.7 Å². The smallest absolute Gasteiger partial charge is 0.316 e. The molecule has 0 bridgehead atoms. The first-order chi connectivity index (χ1) is 16.7. The average Bonchev–Trinajstić information content (AvgIpc) is 3.58. The number of nitrogens with zero attached hydrogens (tertiary/aromatic N) is 4. The summed E-state index contributed by atoms with van der Waals surface area (Å²) in [5.41, 5.74) is 5.07. The van der Waals surface area contributed by atoms with E-state index in [1.807, 2.05) is 12.1 Å². The normalized spacial score (nSPS) is 21.8. The van der Waals surface area contributed by atoms with Crippen LogP contribution in [0.5, 0.6) is 12.0 Å². The van der Waals surface area contributed by atoms with Crippen molar-refractivity contribution in [2.75, 3.05) is 14.2 Å². The molecule has 8 nitrogen and oxygen atoms in total. The molecule has 0 unspecified atom stereocenters. The Bertz CT molecular complexity index is 1100. The van der Waals surface area contributed by atoms with E-state index >= 15 is 0 Å². The molecule has 0 atom stereocenters. The maximum Gasteiger partial charge on any atom is 0.316 e. The lowest BCUT2D eigenvalue weighted by molar-refractivity contribution is 0.214. The van der Waals surface area contributed by atoms with E-state index in [0.717, 1.165) is 11.4 Å². The van der Waals surface area contributed by atoms with E-state index in [0.29, 0.717) is 11.4 Å². The van der Waals surface area contributed by atoms with E-state index in [9.17, 15) is 10.2 Å². The lowest BCUT2D eigenvalue weighted by Gasteiger charge is -2.52. The number of aliphatic hydroxyl groups excluding tert-OH is 2. The number of hydrogen-bond donors (Lipinski definition) is 2. The predicted molar refractivity (Wildman–Crippen MR) is 129 cm³/mol. The van der Waals surface area contributed by atoms with E-state index in [4.69, 9.17) is 19.4 Å². The molecule has 176 valence electrons. The van der Waals surface area contributed by atoms with Gasteiger partial charge < -0.3 is 19.7 Å². The molecule has 1 aliphatic carbocycles. The third kappa shape index (κ3) is 4.07. The summed E-state index contributed by atoms with van der Waals surface area (Å²) in [5.74, 6) is 0.145. The van der Waals surface area contributed by atoms with Crippen LogP contribution in [0, 0.1) is 0 Å². The second kappa shape index (κ2) is 9.75. The van der Waals surface area contributed by atoms with Crippen LogP contribution in [0.25, 0.3) is 0 Å². The topological polar surface area (TPSA) is 110 Å². The van der Waals surface area contributed by atoms with Gasteiger partial charge in [-0.2, -0.15) is 42.6 Å². The zero-order chi connectivity index (χ0) is 23.7. The van der Waals surface area contributed by atoms with Crippen LogP contribution in [-0.4, -0.2) is 44.4 Å². The van der Waals surface area contributed by atoms with Crippen molar-refractivity contribution in [3.8, 4) is 12.0 Å². The molecule has 1 saturated carbocycles. The molecule has 0 saturated heterocycles. The molecule has 0 spiro atoms. The average molecular weight is 497 g/mol. The van der Waals surface area contributed by atoms with Crippen molar-refractivity contribution in [1.82, 2.24) is 19.9 Å². The van der Waals surface area contributed by atoms with Crippen LogP contribution in [0.4, 0.5) is 0 Å². The van der Waals surface area contributed by atoms with Crippen molar-refractivity contribution in [2.24, 2.45) is 0 Å². The zero-order valence-electron chi connectivity index (χ0n) is 18.7. The van der Waals surface area contributed by atoms with Gasteiger partial charge in [-0.3, -0.25) is 0 Å². The highest BCUT2D eigenvalue weighted by Gasteiger charge is 2.54. The Hall–Kier alpha value is -2.92. The Morgan fingerprint density at radius 3 is 1.47 bits per heavy atom. The number of aromatic nitrogens is 4. The molecule has 4 aromatic heterocycles. The highest BCUT2D eigenvalue weighted by molar-refractivity contribution is 7.08. The Balaban J connectivity index is 1.69. The first kappa shape index (κ1) is 22.9. The molecule has 1 fully saturated rings. The maximum atomic E-state index is 9.80. The third-order valence-electron chi connectivity index (χ3n) is 6.33. The Kier molecular flexibility index (Phi) is 6.55. The summed E-state index contributed by atoms with van der Waals surface area (Å²) in [6.45, 7) is -0.394. The molecular formula is C24H24N4O4S2. The summed E-state index contributed by atoms with van der Waals surface area (Å²) >= 11 is 3.30. The molecule has 4 heterocycles. The third-order valence-corrected chi connectivity index (χ3v) is 7.74. The van der Waals surface area contributed by atoms with E-state index in [-0.39, 0.29) is 48.9 Å². The fourth-order valence-electron chi connectivity index (χ4n) is 4.92. The SMILES string of the molecule is COc1nc(CO)cc([C@H]2[C@H](c3ccsc3)[C@H](c3cc(CO)nc(OC)n3)[C@H]2c2ccsc2)n1. The van der Waals surface area contributed by atoms with Crippen molar-refractivity contribution in [3.63, 3.8) is 0 Å². The number of methoxy groups -OCH3 is 2. The summed E-state index contributed by atoms with van der Waals surface area (Å²) in [7, 11) is 3.06. The molecule has 0 aliphatic heterocycles. The summed E-state index contributed by atoms with van der Waals surface area (Å²) in [6, 6.07) is 8.48. The van der Waals surface area contributed by atoms with Gasteiger partial charge in [0.05, 0.1) is 50.2 Å². The summed E-state index contributed by atoms with van der Waals surface area (Å²) in [5, 5.41) is 28.1. The molecular weight excluding hydrogens is 472 g/mol. The van der Waals surface area contributed by atoms with Gasteiger partial charge in [-0.15, -0.1) is 0 Å². The molecule has 0 radical (unpaired) electrons. The van der Waals surface area contributed by atoms with Crippen molar-refractivity contribution >= 4 is 22.7 Å². The molecule has 10 heteroatoms.